The highest BCUT2D eigenvalue weighted by atomic mass is 35.5. The molecule has 1 fully saturated rings. The van der Waals surface area contributed by atoms with Crippen LogP contribution in [-0.4, -0.2) is 25.6 Å². The van der Waals surface area contributed by atoms with Crippen LogP contribution in [0, 0.1) is 5.92 Å². The van der Waals surface area contributed by atoms with Crippen LogP contribution in [0.25, 0.3) is 0 Å². The molecule has 2 N–H and O–H groups in total. The van der Waals surface area contributed by atoms with Crippen molar-refractivity contribution < 1.29 is 9.53 Å². The number of para-hydroxylation sites is 2. The van der Waals surface area contributed by atoms with Gasteiger partial charge in [0.2, 0.25) is 5.91 Å². The molecule has 0 aromatic heterocycles. The fraction of sp³-hybridized carbons (Fsp3) is 0.500. The zero-order valence-electron chi connectivity index (χ0n) is 11.1. The van der Waals surface area contributed by atoms with Gasteiger partial charge in [-0.25, -0.2) is 0 Å². The third-order valence-corrected chi connectivity index (χ3v) is 3.10. The van der Waals surface area contributed by atoms with E-state index in [4.69, 9.17) is 4.74 Å². The fourth-order valence-corrected chi connectivity index (χ4v) is 2.20. The van der Waals surface area contributed by atoms with Gasteiger partial charge in [-0.15, -0.1) is 12.4 Å². The predicted molar refractivity (Wildman–Crippen MR) is 79.1 cm³/mol. The predicted octanol–water partition coefficient (Wildman–Crippen LogP) is 2.45. The topological polar surface area (TPSA) is 50.4 Å². The Bertz CT molecular complexity index is 406. The van der Waals surface area contributed by atoms with Crippen LogP contribution in [-0.2, 0) is 4.79 Å². The van der Waals surface area contributed by atoms with Gasteiger partial charge in [-0.3, -0.25) is 4.79 Å². The summed E-state index contributed by atoms with van der Waals surface area (Å²) in [6, 6.07) is 7.54. The van der Waals surface area contributed by atoms with Gasteiger partial charge in [0.25, 0.3) is 0 Å². The maximum atomic E-state index is 11.9. The van der Waals surface area contributed by atoms with Crippen LogP contribution in [0.15, 0.2) is 24.3 Å². The average Bonchev–Trinajstić information content (AvgIpc) is 2.84. The van der Waals surface area contributed by atoms with Crippen LogP contribution in [0.2, 0.25) is 0 Å². The maximum Gasteiger partial charge on any atom is 0.224 e. The smallest absolute Gasteiger partial charge is 0.224 e. The van der Waals surface area contributed by atoms with E-state index in [0.717, 1.165) is 30.9 Å². The van der Waals surface area contributed by atoms with E-state index in [-0.39, 0.29) is 18.3 Å². The molecule has 1 atom stereocenters. The highest BCUT2D eigenvalue weighted by Crippen LogP contribution is 2.24. The largest absolute Gasteiger partial charge is 0.492 e. The first kappa shape index (κ1) is 15.8. The number of anilines is 1. The standard InChI is InChI=1S/C14H20N2O2.ClH/c1-2-18-13-6-4-3-5-12(13)16-14(17)9-11-7-8-15-10-11;/h3-6,11,15H,2,7-10H2,1H3,(H,16,17);1H. The van der Waals surface area contributed by atoms with Gasteiger partial charge < -0.3 is 15.4 Å². The third-order valence-electron chi connectivity index (χ3n) is 3.10. The van der Waals surface area contributed by atoms with Crippen molar-refractivity contribution in [1.82, 2.24) is 5.32 Å². The van der Waals surface area contributed by atoms with Gasteiger partial charge in [-0.2, -0.15) is 0 Å². The molecule has 19 heavy (non-hydrogen) atoms. The molecule has 4 nitrogen and oxygen atoms in total. The fourth-order valence-electron chi connectivity index (χ4n) is 2.20. The second-order valence-corrected chi connectivity index (χ2v) is 4.54. The summed E-state index contributed by atoms with van der Waals surface area (Å²) in [5.74, 6) is 1.26. The normalized spacial score (nSPS) is 17.6. The Morgan fingerprint density at radius 3 is 2.95 bits per heavy atom. The molecular formula is C14H21ClN2O2. The first-order valence-electron chi connectivity index (χ1n) is 6.52. The lowest BCUT2D eigenvalue weighted by Gasteiger charge is -2.12. The van der Waals surface area contributed by atoms with Crippen LogP contribution in [0.1, 0.15) is 19.8 Å². The Morgan fingerprint density at radius 1 is 1.47 bits per heavy atom. The molecule has 0 saturated carbocycles. The Balaban J connectivity index is 0.00000180. The van der Waals surface area contributed by atoms with Gasteiger partial charge in [-0.05, 0) is 44.5 Å². The van der Waals surface area contributed by atoms with Gasteiger partial charge in [0, 0.05) is 6.42 Å². The van der Waals surface area contributed by atoms with Crippen molar-refractivity contribution in [2.75, 3.05) is 25.0 Å². The molecule has 1 aromatic carbocycles. The van der Waals surface area contributed by atoms with Crippen LogP contribution in [0.4, 0.5) is 5.69 Å². The highest BCUT2D eigenvalue weighted by Gasteiger charge is 2.18. The summed E-state index contributed by atoms with van der Waals surface area (Å²) in [5, 5.41) is 6.20. The molecule has 1 heterocycles. The minimum atomic E-state index is 0. The Kier molecular flexibility index (Phi) is 6.67. The zero-order valence-corrected chi connectivity index (χ0v) is 12.0. The second-order valence-electron chi connectivity index (χ2n) is 4.54. The number of carbonyl (C=O) groups is 1. The molecule has 1 saturated heterocycles. The zero-order chi connectivity index (χ0) is 12.8. The van der Waals surface area contributed by atoms with Gasteiger partial charge in [0.05, 0.1) is 12.3 Å². The molecule has 1 aromatic rings. The monoisotopic (exact) mass is 284 g/mol. The van der Waals surface area contributed by atoms with Crippen LogP contribution >= 0.6 is 12.4 Å². The van der Waals surface area contributed by atoms with Gasteiger partial charge >= 0.3 is 0 Å². The van der Waals surface area contributed by atoms with Crippen LogP contribution in [0.3, 0.4) is 0 Å². The first-order chi connectivity index (χ1) is 8.79. The maximum absolute atomic E-state index is 11.9. The average molecular weight is 285 g/mol. The van der Waals surface area contributed by atoms with Crippen molar-refractivity contribution in [3.8, 4) is 5.75 Å². The molecule has 5 heteroatoms. The van der Waals surface area contributed by atoms with E-state index in [0.29, 0.717) is 18.9 Å². The van der Waals surface area contributed by atoms with Crippen LogP contribution in [0.5, 0.6) is 5.75 Å². The number of rotatable bonds is 5. The Hall–Kier alpha value is -1.26. The van der Waals surface area contributed by atoms with Crippen molar-refractivity contribution in [1.29, 1.82) is 0 Å². The Labute approximate surface area is 120 Å². The van der Waals surface area contributed by atoms with E-state index in [2.05, 4.69) is 10.6 Å². The molecule has 0 radical (unpaired) electrons. The molecule has 0 spiro atoms. The van der Waals surface area contributed by atoms with Crippen molar-refractivity contribution >= 4 is 24.0 Å². The van der Waals surface area contributed by atoms with Gasteiger partial charge in [0.1, 0.15) is 5.75 Å². The lowest BCUT2D eigenvalue weighted by Crippen LogP contribution is -2.18. The van der Waals surface area contributed by atoms with Gasteiger partial charge in [-0.1, -0.05) is 12.1 Å². The number of nitrogens with one attached hydrogen (secondary N) is 2. The summed E-state index contributed by atoms with van der Waals surface area (Å²) in [7, 11) is 0. The summed E-state index contributed by atoms with van der Waals surface area (Å²) < 4.78 is 5.48. The summed E-state index contributed by atoms with van der Waals surface area (Å²) >= 11 is 0. The second kappa shape index (κ2) is 8.02. The molecule has 1 aliphatic rings. The van der Waals surface area contributed by atoms with Crippen molar-refractivity contribution in [2.45, 2.75) is 19.8 Å². The van der Waals surface area contributed by atoms with Gasteiger partial charge in [0.15, 0.2) is 0 Å². The molecule has 0 bridgehead atoms. The number of amides is 1. The van der Waals surface area contributed by atoms with E-state index in [1.807, 2.05) is 31.2 Å². The molecule has 0 aliphatic carbocycles. The van der Waals surface area contributed by atoms with Crippen molar-refractivity contribution in [2.24, 2.45) is 5.92 Å². The summed E-state index contributed by atoms with van der Waals surface area (Å²) in [4.78, 5) is 11.9. The molecule has 2 rings (SSSR count). The number of hydrogen-bond donors (Lipinski definition) is 2. The molecule has 1 unspecified atom stereocenters. The summed E-state index contributed by atoms with van der Waals surface area (Å²) in [6.07, 6.45) is 1.66. The van der Waals surface area contributed by atoms with E-state index >= 15 is 0 Å². The Morgan fingerprint density at radius 2 is 2.26 bits per heavy atom. The lowest BCUT2D eigenvalue weighted by atomic mass is 10.0. The number of halogens is 1. The molecule has 1 aliphatic heterocycles. The quantitative estimate of drug-likeness (QED) is 0.873. The van der Waals surface area contributed by atoms with Crippen molar-refractivity contribution in [3.63, 3.8) is 0 Å². The third kappa shape index (κ3) is 4.73. The minimum absolute atomic E-state index is 0. The lowest BCUT2D eigenvalue weighted by molar-refractivity contribution is -0.117. The van der Waals surface area contributed by atoms with E-state index < -0.39 is 0 Å². The molecule has 1 amide bonds. The highest BCUT2D eigenvalue weighted by molar-refractivity contribution is 5.92. The first-order valence-corrected chi connectivity index (χ1v) is 6.52. The molecular weight excluding hydrogens is 264 g/mol. The number of ether oxygens (including phenoxy) is 1. The van der Waals surface area contributed by atoms with E-state index in [1.165, 1.54) is 0 Å². The summed E-state index contributed by atoms with van der Waals surface area (Å²) in [6.45, 7) is 4.50. The van der Waals surface area contributed by atoms with Crippen molar-refractivity contribution in [3.05, 3.63) is 24.3 Å². The number of hydrogen-bond acceptors (Lipinski definition) is 3. The van der Waals surface area contributed by atoms with Crippen LogP contribution < -0.4 is 15.4 Å². The van der Waals surface area contributed by atoms with E-state index in [1.54, 1.807) is 0 Å². The summed E-state index contributed by atoms with van der Waals surface area (Å²) in [5.41, 5.74) is 0.760. The SMILES string of the molecule is CCOc1ccccc1NC(=O)CC1CCNC1.Cl. The minimum Gasteiger partial charge on any atom is -0.492 e. The van der Waals surface area contributed by atoms with E-state index in [9.17, 15) is 4.79 Å². The number of carbonyl (C=O) groups excluding carboxylic acids is 1. The molecule has 106 valence electrons. The number of benzene rings is 1.